The number of anilines is 2. The number of piperazine rings is 1. The number of rotatable bonds is 6. The Morgan fingerprint density at radius 2 is 1.58 bits per heavy atom. The second kappa shape index (κ2) is 10.7. The number of halogens is 3. The average Bonchev–Trinajstić information content (AvgIpc) is 2.86. The van der Waals surface area contributed by atoms with Crippen molar-refractivity contribution in [1.29, 1.82) is 0 Å². The standard InChI is InChI=1S/C28H36F3N3O2/c1-20-9-10-22(19-25(20)28(29,30)31)32-21-11-13-24(14-12-21)36-27(2,3)26(35)34-17-15-33(16-18-34)23-7-5-4-6-8-23/h4-10,19,21,24,32H,11-18H2,1-3H3. The maximum atomic E-state index is 13.3. The molecule has 1 aliphatic heterocycles. The zero-order valence-corrected chi connectivity index (χ0v) is 21.3. The van der Waals surface area contributed by atoms with Crippen LogP contribution in [0.5, 0.6) is 0 Å². The third kappa shape index (κ3) is 6.33. The molecule has 1 N–H and O–H groups in total. The molecule has 2 aromatic rings. The molecule has 0 spiro atoms. The minimum atomic E-state index is -4.36. The van der Waals surface area contributed by atoms with E-state index in [1.807, 2.05) is 36.9 Å². The molecule has 0 radical (unpaired) electrons. The Morgan fingerprint density at radius 1 is 0.944 bits per heavy atom. The Labute approximate surface area is 211 Å². The van der Waals surface area contributed by atoms with Crippen LogP contribution in [-0.4, -0.2) is 54.7 Å². The van der Waals surface area contributed by atoms with Crippen LogP contribution in [0.1, 0.15) is 50.7 Å². The molecule has 36 heavy (non-hydrogen) atoms. The number of aryl methyl sites for hydroxylation is 1. The largest absolute Gasteiger partial charge is 0.416 e. The topological polar surface area (TPSA) is 44.8 Å². The molecule has 0 aromatic heterocycles. The number of benzene rings is 2. The van der Waals surface area contributed by atoms with Crippen LogP contribution in [0.3, 0.4) is 0 Å². The number of nitrogens with one attached hydrogen (secondary N) is 1. The lowest BCUT2D eigenvalue weighted by molar-refractivity contribution is -0.163. The zero-order chi connectivity index (χ0) is 25.9. The van der Waals surface area contributed by atoms with Crippen molar-refractivity contribution in [2.75, 3.05) is 36.4 Å². The lowest BCUT2D eigenvalue weighted by Gasteiger charge is -2.41. The van der Waals surface area contributed by atoms with E-state index in [0.717, 1.165) is 38.8 Å². The summed E-state index contributed by atoms with van der Waals surface area (Å²) in [6.45, 7) is 8.06. The third-order valence-electron chi connectivity index (χ3n) is 7.25. The van der Waals surface area contributed by atoms with Crippen molar-refractivity contribution < 1.29 is 22.7 Å². The molecule has 1 aliphatic carbocycles. The van der Waals surface area contributed by atoms with Gasteiger partial charge in [-0.15, -0.1) is 0 Å². The number of hydrogen-bond acceptors (Lipinski definition) is 4. The van der Waals surface area contributed by atoms with E-state index in [2.05, 4.69) is 22.3 Å². The Bertz CT molecular complexity index is 1030. The number of ether oxygens (including phenoxy) is 1. The minimum absolute atomic E-state index is 0.00907. The van der Waals surface area contributed by atoms with Gasteiger partial charge in [-0.25, -0.2) is 0 Å². The fourth-order valence-corrected chi connectivity index (χ4v) is 5.23. The van der Waals surface area contributed by atoms with Crippen LogP contribution in [-0.2, 0) is 15.7 Å². The van der Waals surface area contributed by atoms with Gasteiger partial charge in [-0.05, 0) is 76.3 Å². The molecule has 196 valence electrons. The SMILES string of the molecule is Cc1ccc(NC2CCC(OC(C)(C)C(=O)N3CCN(c4ccccc4)CC3)CC2)cc1C(F)(F)F. The number of hydrogen-bond donors (Lipinski definition) is 1. The Balaban J connectivity index is 1.25. The summed E-state index contributed by atoms with van der Waals surface area (Å²) >= 11 is 0. The predicted octanol–water partition coefficient (Wildman–Crippen LogP) is 5.88. The summed E-state index contributed by atoms with van der Waals surface area (Å²) in [4.78, 5) is 17.4. The molecule has 0 bridgehead atoms. The molecule has 1 amide bonds. The molecule has 0 unspecified atom stereocenters. The molecule has 1 heterocycles. The van der Waals surface area contributed by atoms with Gasteiger partial charge in [0.05, 0.1) is 11.7 Å². The van der Waals surface area contributed by atoms with Crippen LogP contribution < -0.4 is 10.2 Å². The highest BCUT2D eigenvalue weighted by Gasteiger charge is 2.38. The molecular weight excluding hydrogens is 467 g/mol. The van der Waals surface area contributed by atoms with Crippen LogP contribution in [0.2, 0.25) is 0 Å². The van der Waals surface area contributed by atoms with Crippen molar-refractivity contribution >= 4 is 17.3 Å². The van der Waals surface area contributed by atoms with Gasteiger partial charge in [0.2, 0.25) is 0 Å². The first kappa shape index (κ1) is 26.3. The molecule has 4 rings (SSSR count). The highest BCUT2D eigenvalue weighted by Crippen LogP contribution is 2.34. The summed E-state index contributed by atoms with van der Waals surface area (Å²) in [6.07, 6.45) is -1.34. The van der Waals surface area contributed by atoms with Gasteiger partial charge >= 0.3 is 6.18 Å². The number of alkyl halides is 3. The maximum absolute atomic E-state index is 13.3. The third-order valence-corrected chi connectivity index (χ3v) is 7.25. The fourth-order valence-electron chi connectivity index (χ4n) is 5.23. The summed E-state index contributed by atoms with van der Waals surface area (Å²) < 4.78 is 46.0. The number of para-hydroxylation sites is 1. The van der Waals surface area contributed by atoms with Crippen LogP contribution in [0.25, 0.3) is 0 Å². The van der Waals surface area contributed by atoms with Crippen LogP contribution in [0, 0.1) is 6.92 Å². The maximum Gasteiger partial charge on any atom is 0.416 e. The molecule has 2 fully saturated rings. The van der Waals surface area contributed by atoms with Crippen molar-refractivity contribution in [3.05, 3.63) is 59.7 Å². The van der Waals surface area contributed by atoms with Crippen molar-refractivity contribution in [2.24, 2.45) is 0 Å². The first-order valence-corrected chi connectivity index (χ1v) is 12.7. The molecule has 5 nitrogen and oxygen atoms in total. The van der Waals surface area contributed by atoms with Crippen LogP contribution in [0.4, 0.5) is 24.5 Å². The van der Waals surface area contributed by atoms with Crippen molar-refractivity contribution in [3.63, 3.8) is 0 Å². The highest BCUT2D eigenvalue weighted by atomic mass is 19.4. The lowest BCUT2D eigenvalue weighted by Crippen LogP contribution is -2.55. The van der Waals surface area contributed by atoms with Crippen molar-refractivity contribution in [2.45, 2.75) is 70.4 Å². The van der Waals surface area contributed by atoms with Gasteiger partial charge in [0.15, 0.2) is 0 Å². The van der Waals surface area contributed by atoms with E-state index in [9.17, 15) is 18.0 Å². The highest BCUT2D eigenvalue weighted by molar-refractivity contribution is 5.84. The van der Waals surface area contributed by atoms with Crippen molar-refractivity contribution in [3.8, 4) is 0 Å². The van der Waals surface area contributed by atoms with Crippen molar-refractivity contribution in [1.82, 2.24) is 4.90 Å². The van der Waals surface area contributed by atoms with Crippen LogP contribution in [0.15, 0.2) is 48.5 Å². The quantitative estimate of drug-likeness (QED) is 0.535. The van der Waals surface area contributed by atoms with E-state index in [0.29, 0.717) is 18.8 Å². The molecular formula is C28H36F3N3O2. The van der Waals surface area contributed by atoms with E-state index in [1.54, 1.807) is 6.07 Å². The smallest absolute Gasteiger partial charge is 0.382 e. The summed E-state index contributed by atoms with van der Waals surface area (Å²) in [7, 11) is 0. The van der Waals surface area contributed by atoms with Gasteiger partial charge in [-0.1, -0.05) is 24.3 Å². The van der Waals surface area contributed by atoms with Gasteiger partial charge in [0, 0.05) is 43.6 Å². The van der Waals surface area contributed by atoms with E-state index in [-0.39, 0.29) is 23.6 Å². The molecule has 1 saturated heterocycles. The number of nitrogens with zero attached hydrogens (tertiary/aromatic N) is 2. The average molecular weight is 504 g/mol. The number of carbonyl (C=O) groups excluding carboxylic acids is 1. The molecule has 1 saturated carbocycles. The van der Waals surface area contributed by atoms with Gasteiger partial charge in [0.25, 0.3) is 5.91 Å². The molecule has 2 aliphatic rings. The van der Waals surface area contributed by atoms with Gasteiger partial charge in [-0.2, -0.15) is 13.2 Å². The lowest BCUT2D eigenvalue weighted by atomic mass is 9.91. The normalized spacial score (nSPS) is 21.4. The monoisotopic (exact) mass is 503 g/mol. The van der Waals surface area contributed by atoms with Crippen LogP contribution >= 0.6 is 0 Å². The van der Waals surface area contributed by atoms with E-state index >= 15 is 0 Å². The first-order chi connectivity index (χ1) is 17.0. The second-order valence-corrected chi connectivity index (χ2v) is 10.4. The number of carbonyl (C=O) groups is 1. The summed E-state index contributed by atoms with van der Waals surface area (Å²) in [5.41, 5.74) is 0.361. The van der Waals surface area contributed by atoms with E-state index in [1.165, 1.54) is 24.7 Å². The minimum Gasteiger partial charge on any atom is -0.382 e. The van der Waals surface area contributed by atoms with E-state index < -0.39 is 17.3 Å². The molecule has 2 aromatic carbocycles. The Kier molecular flexibility index (Phi) is 7.83. The van der Waals surface area contributed by atoms with E-state index in [4.69, 9.17) is 4.74 Å². The summed E-state index contributed by atoms with van der Waals surface area (Å²) in [6, 6.07) is 14.7. The summed E-state index contributed by atoms with van der Waals surface area (Å²) in [5.74, 6) is 0.00907. The summed E-state index contributed by atoms with van der Waals surface area (Å²) in [5, 5.41) is 3.26. The fraction of sp³-hybridized carbons (Fsp3) is 0.536. The molecule has 8 heteroatoms. The predicted molar refractivity (Wildman–Crippen MR) is 136 cm³/mol. The second-order valence-electron chi connectivity index (χ2n) is 10.4. The van der Waals surface area contributed by atoms with Gasteiger partial charge < -0.3 is 19.9 Å². The zero-order valence-electron chi connectivity index (χ0n) is 21.3. The Morgan fingerprint density at radius 3 is 2.19 bits per heavy atom. The first-order valence-electron chi connectivity index (χ1n) is 12.7. The Hall–Kier alpha value is -2.74. The van der Waals surface area contributed by atoms with Gasteiger partial charge in [-0.3, -0.25) is 4.79 Å². The number of amides is 1. The molecule has 0 atom stereocenters. The van der Waals surface area contributed by atoms with Gasteiger partial charge in [0.1, 0.15) is 5.60 Å².